The third-order valence-corrected chi connectivity index (χ3v) is 5.52. The van der Waals surface area contributed by atoms with Crippen molar-refractivity contribution in [2.75, 3.05) is 0 Å². The molecule has 1 nitrogen and oxygen atoms in total. The zero-order valence-corrected chi connectivity index (χ0v) is 12.7. The molecule has 0 aliphatic carbocycles. The summed E-state index contributed by atoms with van der Waals surface area (Å²) in [6.45, 7) is 0. The Balaban J connectivity index is 1.87. The highest BCUT2D eigenvalue weighted by molar-refractivity contribution is 7.11. The molecule has 0 radical (unpaired) electrons. The molecule has 3 heteroatoms. The molecule has 2 aromatic heterocycles. The van der Waals surface area contributed by atoms with Crippen LogP contribution in [0.5, 0.6) is 0 Å². The molecule has 0 bridgehead atoms. The first kappa shape index (κ1) is 13.6. The van der Waals surface area contributed by atoms with Crippen molar-refractivity contribution in [3.63, 3.8) is 0 Å². The Hall–Kier alpha value is -1.42. The first-order chi connectivity index (χ1) is 9.79. The summed E-state index contributed by atoms with van der Waals surface area (Å²) < 4.78 is 0. The van der Waals surface area contributed by atoms with Gasteiger partial charge in [-0.1, -0.05) is 42.5 Å². The minimum absolute atomic E-state index is 0.706. The van der Waals surface area contributed by atoms with Crippen molar-refractivity contribution in [1.29, 1.82) is 0 Å². The number of aliphatic hydroxyl groups is 1. The van der Waals surface area contributed by atoms with Crippen LogP contribution >= 0.6 is 22.7 Å². The van der Waals surface area contributed by atoms with Gasteiger partial charge in [-0.05, 0) is 41.3 Å². The summed E-state index contributed by atoms with van der Waals surface area (Å²) >= 11 is 3.24. The van der Waals surface area contributed by atoms with E-state index in [4.69, 9.17) is 0 Å². The molecular weight excluding hydrogens is 284 g/mol. The lowest BCUT2D eigenvalue weighted by atomic mass is 9.91. The second kappa shape index (κ2) is 5.92. The van der Waals surface area contributed by atoms with E-state index in [1.54, 1.807) is 22.7 Å². The average molecular weight is 300 g/mol. The quantitative estimate of drug-likeness (QED) is 0.725. The molecule has 1 aromatic carbocycles. The lowest BCUT2D eigenvalue weighted by Gasteiger charge is -2.26. The van der Waals surface area contributed by atoms with Crippen LogP contribution in [-0.4, -0.2) is 5.11 Å². The molecule has 0 saturated carbocycles. The van der Waals surface area contributed by atoms with Crippen molar-refractivity contribution in [1.82, 2.24) is 0 Å². The lowest BCUT2D eigenvalue weighted by molar-refractivity contribution is 0.0790. The highest BCUT2D eigenvalue weighted by Gasteiger charge is 2.33. The van der Waals surface area contributed by atoms with Crippen molar-refractivity contribution < 1.29 is 5.11 Å². The fourth-order valence-electron chi connectivity index (χ4n) is 2.37. The predicted molar refractivity (Wildman–Crippen MR) is 86.4 cm³/mol. The second-order valence-electron chi connectivity index (χ2n) is 4.80. The Kier molecular flexibility index (Phi) is 4.01. The maximum Gasteiger partial charge on any atom is 0.133 e. The molecule has 3 aromatic rings. The van der Waals surface area contributed by atoms with Gasteiger partial charge in [-0.15, -0.1) is 22.7 Å². The van der Waals surface area contributed by atoms with Crippen molar-refractivity contribution in [3.05, 3.63) is 80.7 Å². The number of rotatable bonds is 5. The fraction of sp³-hybridized carbons (Fsp3) is 0.176. The molecule has 1 N–H and O–H groups in total. The SMILES string of the molecule is OC(CCc1ccccc1)(c1cccs1)c1cccs1. The van der Waals surface area contributed by atoms with Crippen LogP contribution in [0.25, 0.3) is 0 Å². The van der Waals surface area contributed by atoms with Gasteiger partial charge >= 0.3 is 0 Å². The molecule has 0 fully saturated rings. The maximum absolute atomic E-state index is 11.2. The zero-order valence-electron chi connectivity index (χ0n) is 11.0. The van der Waals surface area contributed by atoms with E-state index >= 15 is 0 Å². The summed E-state index contributed by atoms with van der Waals surface area (Å²) in [6, 6.07) is 18.4. The molecule has 0 saturated heterocycles. The van der Waals surface area contributed by atoms with E-state index in [1.165, 1.54) is 5.56 Å². The number of thiophene rings is 2. The van der Waals surface area contributed by atoms with E-state index in [1.807, 2.05) is 53.2 Å². The van der Waals surface area contributed by atoms with Gasteiger partial charge in [0.05, 0.1) is 0 Å². The van der Waals surface area contributed by atoms with Crippen LogP contribution in [0.2, 0.25) is 0 Å². The molecule has 0 amide bonds. The van der Waals surface area contributed by atoms with E-state index in [2.05, 4.69) is 12.1 Å². The largest absolute Gasteiger partial charge is 0.379 e. The average Bonchev–Trinajstić information content (AvgIpc) is 3.18. The van der Waals surface area contributed by atoms with E-state index in [0.29, 0.717) is 6.42 Å². The van der Waals surface area contributed by atoms with Gasteiger partial charge in [-0.3, -0.25) is 0 Å². The number of benzene rings is 1. The van der Waals surface area contributed by atoms with Gasteiger partial charge in [0.25, 0.3) is 0 Å². The van der Waals surface area contributed by atoms with Gasteiger partial charge in [0.15, 0.2) is 0 Å². The van der Waals surface area contributed by atoms with Crippen LogP contribution in [-0.2, 0) is 12.0 Å². The first-order valence-corrected chi connectivity index (χ1v) is 8.39. The molecule has 0 aliphatic heterocycles. The first-order valence-electron chi connectivity index (χ1n) is 6.63. The zero-order chi connectivity index (χ0) is 13.8. The fourth-order valence-corrected chi connectivity index (χ4v) is 4.17. The molecule has 3 rings (SSSR count). The molecule has 0 unspecified atom stereocenters. The van der Waals surface area contributed by atoms with Crippen LogP contribution in [0.3, 0.4) is 0 Å². The Morgan fingerprint density at radius 3 is 1.90 bits per heavy atom. The summed E-state index contributed by atoms with van der Waals surface area (Å²) in [4.78, 5) is 2.05. The predicted octanol–water partition coefficient (Wildman–Crippen LogP) is 4.68. The van der Waals surface area contributed by atoms with Crippen LogP contribution in [0.15, 0.2) is 65.4 Å². The molecule has 20 heavy (non-hydrogen) atoms. The summed E-state index contributed by atoms with van der Waals surface area (Å²) in [5.74, 6) is 0. The van der Waals surface area contributed by atoms with Crippen molar-refractivity contribution in [2.24, 2.45) is 0 Å². The van der Waals surface area contributed by atoms with Crippen LogP contribution in [0, 0.1) is 0 Å². The van der Waals surface area contributed by atoms with Gasteiger partial charge in [0, 0.05) is 9.75 Å². The minimum atomic E-state index is -0.863. The van der Waals surface area contributed by atoms with Gasteiger partial charge < -0.3 is 5.11 Å². The highest BCUT2D eigenvalue weighted by Crippen LogP contribution is 2.39. The second-order valence-corrected chi connectivity index (χ2v) is 6.70. The monoisotopic (exact) mass is 300 g/mol. The van der Waals surface area contributed by atoms with E-state index in [0.717, 1.165) is 16.2 Å². The third-order valence-electron chi connectivity index (χ3n) is 3.48. The van der Waals surface area contributed by atoms with Crippen LogP contribution < -0.4 is 0 Å². The molecule has 0 aliphatic rings. The van der Waals surface area contributed by atoms with Crippen LogP contribution in [0.1, 0.15) is 21.7 Å². The van der Waals surface area contributed by atoms with Gasteiger partial charge in [0.1, 0.15) is 5.60 Å². The molecule has 2 heterocycles. The summed E-state index contributed by atoms with van der Waals surface area (Å²) in [7, 11) is 0. The van der Waals surface area contributed by atoms with Crippen molar-refractivity contribution >= 4 is 22.7 Å². The van der Waals surface area contributed by atoms with Crippen molar-refractivity contribution in [2.45, 2.75) is 18.4 Å². The van der Waals surface area contributed by atoms with Gasteiger partial charge in [-0.2, -0.15) is 0 Å². The van der Waals surface area contributed by atoms with Crippen molar-refractivity contribution in [3.8, 4) is 0 Å². The Morgan fingerprint density at radius 1 is 0.800 bits per heavy atom. The highest BCUT2D eigenvalue weighted by atomic mass is 32.1. The topological polar surface area (TPSA) is 20.2 Å². The maximum atomic E-state index is 11.2. The van der Waals surface area contributed by atoms with Crippen LogP contribution in [0.4, 0.5) is 0 Å². The van der Waals surface area contributed by atoms with E-state index in [9.17, 15) is 5.11 Å². The smallest absolute Gasteiger partial charge is 0.133 e. The van der Waals surface area contributed by atoms with Gasteiger partial charge in [0.2, 0.25) is 0 Å². The lowest BCUT2D eigenvalue weighted by Crippen LogP contribution is -2.25. The van der Waals surface area contributed by atoms with E-state index < -0.39 is 5.60 Å². The molecular formula is C17H16OS2. The summed E-state index contributed by atoms with van der Waals surface area (Å²) in [6.07, 6.45) is 1.57. The minimum Gasteiger partial charge on any atom is -0.379 e. The summed E-state index contributed by atoms with van der Waals surface area (Å²) in [5.41, 5.74) is 0.400. The molecule has 0 atom stereocenters. The number of aryl methyl sites for hydroxylation is 1. The number of hydrogen-bond acceptors (Lipinski definition) is 3. The third kappa shape index (κ3) is 2.70. The Bertz CT molecular complexity index is 593. The van der Waals surface area contributed by atoms with Gasteiger partial charge in [-0.25, -0.2) is 0 Å². The summed E-state index contributed by atoms with van der Waals surface area (Å²) in [5, 5.41) is 15.3. The number of hydrogen-bond donors (Lipinski definition) is 1. The Morgan fingerprint density at radius 2 is 1.40 bits per heavy atom. The van der Waals surface area contributed by atoms with E-state index in [-0.39, 0.29) is 0 Å². The Labute approximate surface area is 127 Å². The molecule has 0 spiro atoms. The normalized spacial score (nSPS) is 11.7. The standard InChI is InChI=1S/C17H16OS2/c18-17(15-8-4-12-19-15,16-9-5-13-20-16)11-10-14-6-2-1-3-7-14/h1-9,12-13,18H,10-11H2. The molecule has 102 valence electrons.